The second kappa shape index (κ2) is 8.96. The molecule has 0 atom stereocenters. The lowest BCUT2D eigenvalue weighted by Crippen LogP contribution is -2.16. The molecule has 2 amide bonds. The largest absolute Gasteiger partial charge is 0.382 e. The fraction of sp³-hybridized carbons (Fsp3) is 0.100. The number of benzene rings is 2. The van der Waals surface area contributed by atoms with Crippen LogP contribution in [0.25, 0.3) is 10.8 Å². The summed E-state index contributed by atoms with van der Waals surface area (Å²) in [5.74, 6) is -1.03. The van der Waals surface area contributed by atoms with Gasteiger partial charge in [0.1, 0.15) is 22.1 Å². The molecule has 15 nitrogen and oxygen atoms in total. The average Bonchev–Trinajstić information content (AvgIpc) is 3.32. The Hall–Kier alpha value is -4.32. The van der Waals surface area contributed by atoms with Crippen LogP contribution in [-0.2, 0) is 34.3 Å². The van der Waals surface area contributed by atoms with E-state index >= 15 is 0 Å². The highest BCUT2D eigenvalue weighted by Crippen LogP contribution is 2.30. The van der Waals surface area contributed by atoms with Crippen molar-refractivity contribution in [1.29, 1.82) is 0 Å². The number of rotatable bonds is 6. The van der Waals surface area contributed by atoms with Crippen LogP contribution in [0.3, 0.4) is 0 Å². The van der Waals surface area contributed by atoms with E-state index in [1.807, 2.05) is 0 Å². The standard InChI is InChI=1S/C20H19N7O8S2/c1-26-14(8-17(21)24-26)20(29)23-18-9-15(27(2)25-18)19(28)22-11-4-3-10-5-12(36(30,31)32)7-16(13(10)6-11)37(33,34)35/h3-9H,1-2H3,(H2,21,24)(H,22,28)(H,23,25,29)(H,30,31,32)(H,33,34,35). The highest BCUT2D eigenvalue weighted by atomic mass is 32.2. The first-order chi connectivity index (χ1) is 17.1. The van der Waals surface area contributed by atoms with Gasteiger partial charge in [0.2, 0.25) is 0 Å². The number of nitrogens with one attached hydrogen (secondary N) is 2. The number of hydrogen-bond donors (Lipinski definition) is 5. The SMILES string of the molecule is Cn1nc(NC(=O)c2cc(N)nn2C)cc1C(=O)Nc1ccc2cc(S(=O)(=O)O)cc(S(=O)(=O)O)c2c1. The van der Waals surface area contributed by atoms with Gasteiger partial charge in [-0.2, -0.15) is 27.0 Å². The van der Waals surface area contributed by atoms with Crippen LogP contribution in [0.2, 0.25) is 0 Å². The molecule has 0 fully saturated rings. The molecule has 2 aromatic carbocycles. The molecule has 0 unspecified atom stereocenters. The Labute approximate surface area is 209 Å². The summed E-state index contributed by atoms with van der Waals surface area (Å²) in [6.45, 7) is 0. The lowest BCUT2D eigenvalue weighted by atomic mass is 10.1. The van der Waals surface area contributed by atoms with Crippen LogP contribution in [0.5, 0.6) is 0 Å². The Kier molecular flexibility index (Phi) is 6.24. The summed E-state index contributed by atoms with van der Waals surface area (Å²) in [6.07, 6.45) is 0. The van der Waals surface area contributed by atoms with Gasteiger partial charge in [0, 0.05) is 37.3 Å². The quantitative estimate of drug-likeness (QED) is 0.212. The summed E-state index contributed by atoms with van der Waals surface area (Å²) < 4.78 is 68.1. The number of amides is 2. The second-order valence-electron chi connectivity index (χ2n) is 7.83. The molecule has 17 heteroatoms. The van der Waals surface area contributed by atoms with E-state index in [-0.39, 0.29) is 39.5 Å². The zero-order chi connectivity index (χ0) is 27.3. The van der Waals surface area contributed by atoms with Gasteiger partial charge < -0.3 is 16.4 Å². The van der Waals surface area contributed by atoms with Crippen molar-refractivity contribution in [2.75, 3.05) is 16.4 Å². The van der Waals surface area contributed by atoms with Gasteiger partial charge in [-0.15, -0.1) is 0 Å². The minimum Gasteiger partial charge on any atom is -0.382 e. The fourth-order valence-electron chi connectivity index (χ4n) is 3.56. The van der Waals surface area contributed by atoms with E-state index in [9.17, 15) is 35.5 Å². The molecule has 0 aliphatic carbocycles. The molecule has 6 N–H and O–H groups in total. The number of fused-ring (bicyclic) bond motifs is 1. The third-order valence-corrected chi connectivity index (χ3v) is 6.93. The number of hydrogen-bond acceptors (Lipinski definition) is 9. The van der Waals surface area contributed by atoms with E-state index in [0.29, 0.717) is 6.07 Å². The van der Waals surface area contributed by atoms with E-state index < -0.39 is 41.8 Å². The third-order valence-electron chi connectivity index (χ3n) is 5.21. The van der Waals surface area contributed by atoms with Crippen molar-refractivity contribution in [3.05, 3.63) is 53.9 Å². The number of aromatic nitrogens is 4. The second-order valence-corrected chi connectivity index (χ2v) is 10.6. The number of nitrogens with two attached hydrogens (primary N) is 1. The molecular formula is C20H19N7O8S2. The molecule has 0 aliphatic heterocycles. The molecule has 0 saturated heterocycles. The van der Waals surface area contributed by atoms with Crippen molar-refractivity contribution in [3.63, 3.8) is 0 Å². The molecule has 194 valence electrons. The minimum atomic E-state index is -4.91. The number of anilines is 3. The minimum absolute atomic E-state index is 0.0247. The van der Waals surface area contributed by atoms with Gasteiger partial charge in [-0.3, -0.25) is 28.1 Å². The summed E-state index contributed by atoms with van der Waals surface area (Å²) in [5, 5.41) is 13.0. The average molecular weight is 550 g/mol. The topological polar surface area (TPSA) is 229 Å². The molecule has 37 heavy (non-hydrogen) atoms. The monoisotopic (exact) mass is 549 g/mol. The molecule has 0 saturated carbocycles. The first-order valence-corrected chi connectivity index (χ1v) is 13.0. The Balaban J connectivity index is 1.63. The van der Waals surface area contributed by atoms with Crippen molar-refractivity contribution in [2.24, 2.45) is 14.1 Å². The van der Waals surface area contributed by atoms with E-state index in [4.69, 9.17) is 5.73 Å². The lowest BCUT2D eigenvalue weighted by Gasteiger charge is -2.10. The highest BCUT2D eigenvalue weighted by molar-refractivity contribution is 7.86. The zero-order valence-electron chi connectivity index (χ0n) is 19.1. The van der Waals surface area contributed by atoms with Gasteiger partial charge in [0.05, 0.1) is 4.90 Å². The summed E-state index contributed by atoms with van der Waals surface area (Å²) in [4.78, 5) is 23.8. The van der Waals surface area contributed by atoms with Crippen LogP contribution in [0.15, 0.2) is 52.3 Å². The molecule has 2 aromatic heterocycles. The Morgan fingerprint density at radius 3 is 2.05 bits per heavy atom. The van der Waals surface area contributed by atoms with E-state index in [0.717, 1.165) is 6.07 Å². The van der Waals surface area contributed by atoms with Gasteiger partial charge in [-0.25, -0.2) is 0 Å². The predicted octanol–water partition coefficient (Wildman–Crippen LogP) is 0.887. The maximum Gasteiger partial charge on any atom is 0.295 e. The van der Waals surface area contributed by atoms with Crippen LogP contribution < -0.4 is 16.4 Å². The lowest BCUT2D eigenvalue weighted by molar-refractivity contribution is 0.100. The molecule has 4 rings (SSSR count). The van der Waals surface area contributed by atoms with E-state index in [1.165, 1.54) is 53.8 Å². The Bertz CT molecular complexity index is 1810. The molecule has 0 bridgehead atoms. The third kappa shape index (κ3) is 5.28. The summed E-state index contributed by atoms with van der Waals surface area (Å²) in [6, 6.07) is 8.13. The van der Waals surface area contributed by atoms with Gasteiger partial charge in [-0.05, 0) is 29.7 Å². The summed E-state index contributed by atoms with van der Waals surface area (Å²) in [5.41, 5.74) is 5.86. The predicted molar refractivity (Wildman–Crippen MR) is 130 cm³/mol. The number of nitrogen functional groups attached to an aromatic ring is 1. The van der Waals surface area contributed by atoms with Crippen molar-refractivity contribution >= 4 is 60.1 Å². The van der Waals surface area contributed by atoms with E-state index in [1.54, 1.807) is 0 Å². The van der Waals surface area contributed by atoms with Gasteiger partial charge in [-0.1, -0.05) is 6.07 Å². The van der Waals surface area contributed by atoms with Crippen LogP contribution in [-0.4, -0.2) is 57.3 Å². The summed E-state index contributed by atoms with van der Waals surface area (Å²) >= 11 is 0. The molecule has 2 heterocycles. The normalized spacial score (nSPS) is 12.0. The Morgan fingerprint density at radius 1 is 0.838 bits per heavy atom. The zero-order valence-corrected chi connectivity index (χ0v) is 20.7. The highest BCUT2D eigenvalue weighted by Gasteiger charge is 2.22. The summed E-state index contributed by atoms with van der Waals surface area (Å²) in [7, 11) is -6.68. The van der Waals surface area contributed by atoms with Crippen molar-refractivity contribution in [2.45, 2.75) is 9.79 Å². The van der Waals surface area contributed by atoms with Crippen LogP contribution in [0.1, 0.15) is 21.0 Å². The molecule has 0 aliphatic rings. The molecule has 4 aromatic rings. The van der Waals surface area contributed by atoms with Crippen molar-refractivity contribution < 1.29 is 35.5 Å². The maximum atomic E-state index is 12.9. The van der Waals surface area contributed by atoms with Crippen molar-refractivity contribution in [1.82, 2.24) is 19.6 Å². The van der Waals surface area contributed by atoms with Crippen molar-refractivity contribution in [3.8, 4) is 0 Å². The number of carbonyl (C=O) groups excluding carboxylic acids is 2. The molecule has 0 radical (unpaired) electrons. The maximum absolute atomic E-state index is 12.9. The molecule has 0 spiro atoms. The Morgan fingerprint density at radius 2 is 1.46 bits per heavy atom. The van der Waals surface area contributed by atoms with Gasteiger partial charge >= 0.3 is 0 Å². The smallest absolute Gasteiger partial charge is 0.295 e. The fourth-order valence-corrected chi connectivity index (χ4v) is 4.90. The first kappa shape index (κ1) is 25.8. The van der Waals surface area contributed by atoms with Crippen LogP contribution in [0, 0.1) is 0 Å². The number of nitrogens with zero attached hydrogens (tertiary/aromatic N) is 4. The number of aryl methyl sites for hydroxylation is 2. The van der Waals surface area contributed by atoms with Gasteiger partial charge in [0.25, 0.3) is 32.1 Å². The first-order valence-electron chi connectivity index (χ1n) is 10.1. The molecular weight excluding hydrogens is 530 g/mol. The van der Waals surface area contributed by atoms with E-state index in [2.05, 4.69) is 20.8 Å². The van der Waals surface area contributed by atoms with Crippen LogP contribution >= 0.6 is 0 Å². The van der Waals surface area contributed by atoms with Gasteiger partial charge in [0.15, 0.2) is 5.82 Å². The number of carbonyl (C=O) groups is 2. The van der Waals surface area contributed by atoms with Crippen LogP contribution in [0.4, 0.5) is 17.3 Å².